The molecule has 0 saturated carbocycles. The molecule has 1 aromatic carbocycles. The van der Waals surface area contributed by atoms with Gasteiger partial charge < -0.3 is 9.73 Å². The topological polar surface area (TPSA) is 77.9 Å². The number of halogens is 1. The van der Waals surface area contributed by atoms with Gasteiger partial charge in [-0.15, -0.1) is 0 Å². The summed E-state index contributed by atoms with van der Waals surface area (Å²) in [5.41, 5.74) is 4.61. The predicted octanol–water partition coefficient (Wildman–Crippen LogP) is 4.60. The van der Waals surface area contributed by atoms with Crippen LogP contribution in [-0.4, -0.2) is 25.5 Å². The molecule has 0 spiro atoms. The lowest BCUT2D eigenvalue weighted by Crippen LogP contribution is -2.10. The zero-order chi connectivity index (χ0) is 21.3. The minimum Gasteiger partial charge on any atom is -0.454 e. The van der Waals surface area contributed by atoms with Crippen molar-refractivity contribution in [1.82, 2.24) is 19.6 Å². The Hall–Kier alpha value is -3.32. The molecule has 0 radical (unpaired) electrons. The Morgan fingerprint density at radius 2 is 1.93 bits per heavy atom. The Kier molecular flexibility index (Phi) is 5.46. The van der Waals surface area contributed by atoms with Gasteiger partial charge in [0.15, 0.2) is 5.76 Å². The van der Waals surface area contributed by atoms with E-state index in [1.165, 1.54) is 11.1 Å². The number of rotatable bonds is 6. The highest BCUT2D eigenvalue weighted by Crippen LogP contribution is 2.21. The van der Waals surface area contributed by atoms with Gasteiger partial charge in [-0.05, 0) is 44.0 Å². The fraction of sp³-hybridized carbons (Fsp3) is 0.227. The highest BCUT2D eigenvalue weighted by atomic mass is 35.5. The lowest BCUT2D eigenvalue weighted by molar-refractivity contribution is 0.0994. The van der Waals surface area contributed by atoms with Gasteiger partial charge in [0.05, 0.1) is 41.4 Å². The molecule has 7 nitrogen and oxygen atoms in total. The summed E-state index contributed by atoms with van der Waals surface area (Å²) in [5, 5.41) is 12.2. The number of nitrogens with one attached hydrogen (secondary N) is 1. The van der Waals surface area contributed by atoms with E-state index in [1.807, 2.05) is 26.0 Å². The van der Waals surface area contributed by atoms with Gasteiger partial charge in [0.2, 0.25) is 0 Å². The number of anilines is 1. The van der Waals surface area contributed by atoms with Gasteiger partial charge in [-0.25, -0.2) is 0 Å². The molecule has 0 aliphatic carbocycles. The minimum atomic E-state index is -0.330. The molecule has 154 valence electrons. The molecule has 0 bridgehead atoms. The van der Waals surface area contributed by atoms with E-state index in [0.717, 1.165) is 11.4 Å². The van der Waals surface area contributed by atoms with Gasteiger partial charge >= 0.3 is 0 Å². The molecule has 30 heavy (non-hydrogen) atoms. The average molecular weight is 424 g/mol. The molecule has 8 heteroatoms. The number of amides is 1. The highest BCUT2D eigenvalue weighted by molar-refractivity contribution is 6.31. The lowest BCUT2D eigenvalue weighted by atomic mass is 10.1. The molecule has 4 aromatic rings. The quantitative estimate of drug-likeness (QED) is 0.491. The summed E-state index contributed by atoms with van der Waals surface area (Å²) in [6.45, 7) is 6.86. The highest BCUT2D eigenvalue weighted by Gasteiger charge is 2.15. The maximum absolute atomic E-state index is 12.5. The van der Waals surface area contributed by atoms with Crippen LogP contribution in [0.1, 0.15) is 38.8 Å². The Morgan fingerprint density at radius 3 is 2.67 bits per heavy atom. The van der Waals surface area contributed by atoms with E-state index in [9.17, 15) is 4.79 Å². The number of aromatic nitrogens is 4. The first-order chi connectivity index (χ1) is 14.4. The standard InChI is InChI=1S/C22H22ClN5O2/c1-14-6-4-5-7-17(14)11-27-12-18(10-24-27)25-22(29)20-9-8-19(30-20)13-28-16(3)21(23)15(2)26-28/h4-10,12H,11,13H2,1-3H3,(H,25,29). The van der Waals surface area contributed by atoms with E-state index in [2.05, 4.69) is 34.6 Å². The van der Waals surface area contributed by atoms with Crippen LogP contribution in [-0.2, 0) is 13.1 Å². The van der Waals surface area contributed by atoms with Crippen molar-refractivity contribution in [3.63, 3.8) is 0 Å². The molecule has 1 N–H and O–H groups in total. The van der Waals surface area contributed by atoms with E-state index in [1.54, 1.807) is 33.9 Å². The third kappa shape index (κ3) is 4.16. The third-order valence-electron chi connectivity index (χ3n) is 4.97. The van der Waals surface area contributed by atoms with Gasteiger partial charge in [-0.1, -0.05) is 35.9 Å². The Bertz CT molecular complexity index is 1200. The maximum atomic E-state index is 12.5. The van der Waals surface area contributed by atoms with Crippen LogP contribution in [0.2, 0.25) is 5.02 Å². The van der Waals surface area contributed by atoms with Crippen LogP contribution in [0.15, 0.2) is 53.2 Å². The van der Waals surface area contributed by atoms with Crippen LogP contribution in [0.25, 0.3) is 0 Å². The molecule has 0 saturated heterocycles. The summed E-state index contributed by atoms with van der Waals surface area (Å²) < 4.78 is 9.25. The fourth-order valence-electron chi connectivity index (χ4n) is 3.23. The van der Waals surface area contributed by atoms with E-state index in [0.29, 0.717) is 29.6 Å². The molecule has 0 unspecified atom stereocenters. The van der Waals surface area contributed by atoms with Gasteiger partial charge in [0.1, 0.15) is 5.76 Å². The number of nitrogens with zero attached hydrogens (tertiary/aromatic N) is 4. The summed E-state index contributed by atoms with van der Waals surface area (Å²) in [7, 11) is 0. The monoisotopic (exact) mass is 423 g/mol. The molecule has 0 fully saturated rings. The third-order valence-corrected chi connectivity index (χ3v) is 5.52. The number of furan rings is 1. The van der Waals surface area contributed by atoms with Crippen molar-refractivity contribution in [2.45, 2.75) is 33.9 Å². The summed E-state index contributed by atoms with van der Waals surface area (Å²) in [4.78, 5) is 12.5. The molecule has 0 atom stereocenters. The number of benzene rings is 1. The zero-order valence-corrected chi connectivity index (χ0v) is 17.8. The van der Waals surface area contributed by atoms with Crippen LogP contribution in [0.4, 0.5) is 5.69 Å². The SMILES string of the molecule is Cc1ccccc1Cn1cc(NC(=O)c2ccc(Cn3nc(C)c(Cl)c3C)o2)cn1. The van der Waals surface area contributed by atoms with E-state index < -0.39 is 0 Å². The Balaban J connectivity index is 1.41. The first-order valence-corrected chi connectivity index (χ1v) is 9.95. The van der Waals surface area contributed by atoms with Crippen LogP contribution >= 0.6 is 11.6 Å². The summed E-state index contributed by atoms with van der Waals surface area (Å²) in [6.07, 6.45) is 3.42. The fourth-order valence-corrected chi connectivity index (χ4v) is 3.37. The molecular weight excluding hydrogens is 402 g/mol. The lowest BCUT2D eigenvalue weighted by Gasteiger charge is -2.05. The van der Waals surface area contributed by atoms with Crippen LogP contribution < -0.4 is 5.32 Å². The number of carbonyl (C=O) groups excluding carboxylic acids is 1. The summed E-state index contributed by atoms with van der Waals surface area (Å²) in [6, 6.07) is 11.6. The first-order valence-electron chi connectivity index (χ1n) is 9.57. The van der Waals surface area contributed by atoms with Crippen molar-refractivity contribution < 1.29 is 9.21 Å². The molecule has 4 rings (SSSR count). The van der Waals surface area contributed by atoms with Crippen molar-refractivity contribution in [3.05, 3.63) is 87.8 Å². The normalized spacial score (nSPS) is 11.1. The number of aryl methyl sites for hydroxylation is 2. The number of hydrogen-bond acceptors (Lipinski definition) is 4. The smallest absolute Gasteiger partial charge is 0.291 e. The van der Waals surface area contributed by atoms with Crippen molar-refractivity contribution in [3.8, 4) is 0 Å². The van der Waals surface area contributed by atoms with Crippen LogP contribution in [0.3, 0.4) is 0 Å². The van der Waals surface area contributed by atoms with Gasteiger partial charge in [0.25, 0.3) is 5.91 Å². The molecule has 0 aliphatic rings. The van der Waals surface area contributed by atoms with E-state index in [4.69, 9.17) is 16.0 Å². The maximum Gasteiger partial charge on any atom is 0.291 e. The summed E-state index contributed by atoms with van der Waals surface area (Å²) >= 11 is 6.19. The number of hydrogen-bond donors (Lipinski definition) is 1. The second-order valence-electron chi connectivity index (χ2n) is 7.22. The second-order valence-corrected chi connectivity index (χ2v) is 7.59. The Labute approximate surface area is 179 Å². The van der Waals surface area contributed by atoms with Gasteiger partial charge in [-0.2, -0.15) is 10.2 Å². The number of carbonyl (C=O) groups is 1. The van der Waals surface area contributed by atoms with Gasteiger partial charge in [-0.3, -0.25) is 14.2 Å². The van der Waals surface area contributed by atoms with Crippen molar-refractivity contribution in [1.29, 1.82) is 0 Å². The molecular formula is C22H22ClN5O2. The largest absolute Gasteiger partial charge is 0.454 e. The molecule has 3 aromatic heterocycles. The van der Waals surface area contributed by atoms with Crippen molar-refractivity contribution in [2.24, 2.45) is 0 Å². The van der Waals surface area contributed by atoms with Crippen molar-refractivity contribution in [2.75, 3.05) is 5.32 Å². The average Bonchev–Trinajstić information content (AvgIpc) is 3.42. The minimum absolute atomic E-state index is 0.226. The zero-order valence-electron chi connectivity index (χ0n) is 17.0. The molecule has 3 heterocycles. The second kappa shape index (κ2) is 8.20. The summed E-state index contributed by atoms with van der Waals surface area (Å²) in [5.74, 6) is 0.519. The van der Waals surface area contributed by atoms with Crippen LogP contribution in [0, 0.1) is 20.8 Å². The van der Waals surface area contributed by atoms with Crippen molar-refractivity contribution >= 4 is 23.2 Å². The first kappa shape index (κ1) is 20.0. The van der Waals surface area contributed by atoms with Gasteiger partial charge in [0, 0.05) is 6.20 Å². The predicted molar refractivity (Wildman–Crippen MR) is 115 cm³/mol. The molecule has 1 amide bonds. The van der Waals surface area contributed by atoms with E-state index >= 15 is 0 Å². The van der Waals surface area contributed by atoms with Crippen LogP contribution in [0.5, 0.6) is 0 Å². The Morgan fingerprint density at radius 1 is 1.13 bits per heavy atom. The van der Waals surface area contributed by atoms with E-state index in [-0.39, 0.29) is 11.7 Å². The molecule has 0 aliphatic heterocycles.